The van der Waals surface area contributed by atoms with Crippen molar-refractivity contribution >= 4 is 11.6 Å². The molecule has 2 aromatic rings. The molecule has 1 aliphatic rings. The first-order valence-electron chi connectivity index (χ1n) is 7.33. The third kappa shape index (κ3) is 3.13. The molecule has 2 heterocycles. The molecule has 3 rings (SSSR count). The molecule has 21 heavy (non-hydrogen) atoms. The van der Waals surface area contributed by atoms with Crippen LogP contribution in [0.2, 0.25) is 0 Å². The van der Waals surface area contributed by atoms with Crippen LogP contribution in [0.4, 0.5) is 5.69 Å². The molecule has 0 spiro atoms. The van der Waals surface area contributed by atoms with Gasteiger partial charge in [0.05, 0.1) is 13.1 Å². The number of hydrogen-bond donors (Lipinski definition) is 1. The van der Waals surface area contributed by atoms with E-state index < -0.39 is 0 Å². The lowest BCUT2D eigenvalue weighted by Gasteiger charge is -2.19. The minimum absolute atomic E-state index is 0.132. The molecule has 0 radical (unpaired) electrons. The van der Waals surface area contributed by atoms with Gasteiger partial charge in [0, 0.05) is 30.7 Å². The topological polar surface area (TPSA) is 50.2 Å². The molecule has 5 heteroatoms. The van der Waals surface area contributed by atoms with Crippen LogP contribution < -0.4 is 10.2 Å². The van der Waals surface area contributed by atoms with Gasteiger partial charge in [-0.1, -0.05) is 18.2 Å². The minimum Gasteiger partial charge on any atom is -0.311 e. The van der Waals surface area contributed by atoms with Gasteiger partial charge in [-0.05, 0) is 31.0 Å². The van der Waals surface area contributed by atoms with E-state index in [-0.39, 0.29) is 11.9 Å². The van der Waals surface area contributed by atoms with Crippen LogP contribution in [-0.2, 0) is 17.8 Å². The van der Waals surface area contributed by atoms with Crippen LogP contribution in [0.3, 0.4) is 0 Å². The summed E-state index contributed by atoms with van der Waals surface area (Å²) < 4.78 is 1.87. The fourth-order valence-corrected chi connectivity index (χ4v) is 2.71. The highest BCUT2D eigenvalue weighted by Gasteiger charge is 2.23. The van der Waals surface area contributed by atoms with Gasteiger partial charge in [0.15, 0.2) is 0 Å². The van der Waals surface area contributed by atoms with Gasteiger partial charge in [-0.2, -0.15) is 5.10 Å². The summed E-state index contributed by atoms with van der Waals surface area (Å²) >= 11 is 0. The first-order valence-corrected chi connectivity index (χ1v) is 7.33. The molecular formula is C16H20N4O. The van der Waals surface area contributed by atoms with Crippen molar-refractivity contribution < 1.29 is 4.79 Å². The molecule has 1 N–H and O–H groups in total. The number of nitrogens with one attached hydrogen (secondary N) is 1. The van der Waals surface area contributed by atoms with Crippen LogP contribution >= 0.6 is 0 Å². The van der Waals surface area contributed by atoms with Gasteiger partial charge in [-0.3, -0.25) is 9.48 Å². The largest absolute Gasteiger partial charge is 0.311 e. The number of benzene rings is 1. The predicted molar refractivity (Wildman–Crippen MR) is 82.2 cm³/mol. The van der Waals surface area contributed by atoms with Crippen molar-refractivity contribution in [1.82, 2.24) is 15.1 Å². The molecule has 1 amide bonds. The first kappa shape index (κ1) is 13.8. The Bertz CT molecular complexity index is 608. The average Bonchev–Trinajstić information content (AvgIpc) is 3.13. The molecule has 5 nitrogen and oxygen atoms in total. The van der Waals surface area contributed by atoms with Crippen LogP contribution in [0.1, 0.15) is 12.5 Å². The third-order valence-electron chi connectivity index (χ3n) is 3.81. The van der Waals surface area contributed by atoms with Crippen molar-refractivity contribution in [3.05, 3.63) is 48.3 Å². The smallest absolute Gasteiger partial charge is 0.240 e. The number of para-hydroxylation sites is 1. The predicted octanol–water partition coefficient (Wildman–Crippen LogP) is 1.45. The summed E-state index contributed by atoms with van der Waals surface area (Å²) in [5.41, 5.74) is 2.32. The van der Waals surface area contributed by atoms with E-state index in [4.69, 9.17) is 0 Å². The highest BCUT2D eigenvalue weighted by molar-refractivity contribution is 5.96. The number of nitrogens with zero attached hydrogens (tertiary/aromatic N) is 3. The van der Waals surface area contributed by atoms with Gasteiger partial charge < -0.3 is 10.2 Å². The lowest BCUT2D eigenvalue weighted by atomic mass is 10.2. The van der Waals surface area contributed by atoms with Crippen molar-refractivity contribution in [3.8, 4) is 0 Å². The zero-order chi connectivity index (χ0) is 14.7. The zero-order valence-electron chi connectivity index (χ0n) is 12.2. The normalized spacial score (nSPS) is 15.0. The summed E-state index contributed by atoms with van der Waals surface area (Å²) in [5.74, 6) is 0.132. The van der Waals surface area contributed by atoms with E-state index in [1.54, 1.807) is 6.20 Å². The van der Waals surface area contributed by atoms with Crippen molar-refractivity contribution in [2.24, 2.45) is 0 Å². The molecule has 1 aromatic carbocycles. The molecule has 1 aromatic heterocycles. The summed E-state index contributed by atoms with van der Waals surface area (Å²) in [4.78, 5) is 14.2. The second kappa shape index (κ2) is 6.10. The number of hydrogen-bond acceptors (Lipinski definition) is 3. The molecular weight excluding hydrogens is 264 g/mol. The van der Waals surface area contributed by atoms with Gasteiger partial charge in [-0.15, -0.1) is 0 Å². The highest BCUT2D eigenvalue weighted by atomic mass is 16.2. The first-order chi connectivity index (χ1) is 10.2. The number of aromatic nitrogens is 2. The van der Waals surface area contributed by atoms with Gasteiger partial charge in [0.2, 0.25) is 5.91 Å². The fraction of sp³-hybridized carbons (Fsp3) is 0.375. The van der Waals surface area contributed by atoms with Crippen molar-refractivity contribution in [2.45, 2.75) is 25.9 Å². The SMILES string of the molecule is CC(Cn1cccn1)NCC(=O)N1CCc2ccccc21. The van der Waals surface area contributed by atoms with Crippen molar-refractivity contribution in [1.29, 1.82) is 0 Å². The Labute approximate surface area is 124 Å². The lowest BCUT2D eigenvalue weighted by Crippen LogP contribution is -2.41. The maximum absolute atomic E-state index is 12.4. The van der Waals surface area contributed by atoms with Crippen molar-refractivity contribution in [3.63, 3.8) is 0 Å². The van der Waals surface area contributed by atoms with E-state index in [1.165, 1.54) is 5.56 Å². The monoisotopic (exact) mass is 284 g/mol. The molecule has 1 unspecified atom stereocenters. The number of carbonyl (C=O) groups is 1. The lowest BCUT2D eigenvalue weighted by molar-refractivity contribution is -0.117. The number of fused-ring (bicyclic) bond motifs is 1. The summed E-state index contributed by atoms with van der Waals surface area (Å²) in [5, 5.41) is 7.45. The second-order valence-corrected chi connectivity index (χ2v) is 5.43. The molecule has 0 fully saturated rings. The maximum Gasteiger partial charge on any atom is 0.240 e. The van der Waals surface area contributed by atoms with Crippen LogP contribution in [0, 0.1) is 0 Å². The number of anilines is 1. The van der Waals surface area contributed by atoms with E-state index in [2.05, 4.69) is 23.4 Å². The summed E-state index contributed by atoms with van der Waals surface area (Å²) in [6.07, 6.45) is 4.64. The van der Waals surface area contributed by atoms with E-state index in [9.17, 15) is 4.79 Å². The van der Waals surface area contributed by atoms with Gasteiger partial charge in [0.1, 0.15) is 0 Å². The number of rotatable bonds is 5. The Morgan fingerprint density at radius 3 is 3.05 bits per heavy atom. The van der Waals surface area contributed by atoms with Gasteiger partial charge >= 0.3 is 0 Å². The summed E-state index contributed by atoms with van der Waals surface area (Å²) in [6, 6.07) is 10.2. The van der Waals surface area contributed by atoms with Crippen LogP contribution in [0.15, 0.2) is 42.7 Å². The molecule has 0 saturated carbocycles. The molecule has 1 atom stereocenters. The maximum atomic E-state index is 12.4. The molecule has 0 saturated heterocycles. The molecule has 0 aliphatic carbocycles. The fourth-order valence-electron chi connectivity index (χ4n) is 2.71. The Balaban J connectivity index is 1.53. The van der Waals surface area contributed by atoms with E-state index in [0.29, 0.717) is 6.54 Å². The Morgan fingerprint density at radius 1 is 1.38 bits per heavy atom. The zero-order valence-corrected chi connectivity index (χ0v) is 12.2. The van der Waals surface area contributed by atoms with Crippen LogP contribution in [0.25, 0.3) is 0 Å². The van der Waals surface area contributed by atoms with E-state index in [0.717, 1.165) is 25.2 Å². The number of amides is 1. The number of carbonyl (C=O) groups excluding carboxylic acids is 1. The molecule has 0 bridgehead atoms. The quantitative estimate of drug-likeness (QED) is 0.904. The Morgan fingerprint density at radius 2 is 2.24 bits per heavy atom. The summed E-state index contributed by atoms with van der Waals surface area (Å²) in [7, 11) is 0. The highest BCUT2D eigenvalue weighted by Crippen LogP contribution is 2.27. The molecule has 1 aliphatic heterocycles. The van der Waals surface area contributed by atoms with Crippen LogP contribution in [-0.4, -0.2) is 34.8 Å². The standard InChI is InChI=1S/C16H20N4O/c1-13(12-19-9-4-8-18-19)17-11-16(21)20-10-7-14-5-2-3-6-15(14)20/h2-6,8-9,13,17H,7,10-12H2,1H3. The summed E-state index contributed by atoms with van der Waals surface area (Å²) in [6.45, 7) is 3.97. The van der Waals surface area contributed by atoms with Crippen molar-refractivity contribution in [2.75, 3.05) is 18.0 Å². The third-order valence-corrected chi connectivity index (χ3v) is 3.81. The van der Waals surface area contributed by atoms with Crippen LogP contribution in [0.5, 0.6) is 0 Å². The van der Waals surface area contributed by atoms with Gasteiger partial charge in [-0.25, -0.2) is 0 Å². The van der Waals surface area contributed by atoms with Gasteiger partial charge in [0.25, 0.3) is 0 Å². The average molecular weight is 284 g/mol. The van der Waals surface area contributed by atoms with E-state index in [1.807, 2.05) is 40.0 Å². The Hall–Kier alpha value is -2.14. The second-order valence-electron chi connectivity index (χ2n) is 5.43. The minimum atomic E-state index is 0.132. The molecule has 110 valence electrons. The Kier molecular flexibility index (Phi) is 4.01. The van der Waals surface area contributed by atoms with E-state index >= 15 is 0 Å².